The zero-order valence-corrected chi connectivity index (χ0v) is 14.4. The van der Waals surface area contributed by atoms with E-state index in [9.17, 15) is 4.79 Å². The molecule has 0 saturated heterocycles. The first-order valence-electron chi connectivity index (χ1n) is 8.24. The van der Waals surface area contributed by atoms with Crippen LogP contribution in [0.3, 0.4) is 0 Å². The number of carbonyl (C=O) groups is 1. The maximum atomic E-state index is 12.0. The third-order valence-corrected chi connectivity index (χ3v) is 3.81. The Hall–Kier alpha value is -2.18. The molecule has 0 aromatic carbocycles. The summed E-state index contributed by atoms with van der Waals surface area (Å²) in [4.78, 5) is 22.9. The molecule has 1 amide bonds. The third-order valence-electron chi connectivity index (χ3n) is 3.81. The normalized spacial score (nSPS) is 11.2. The summed E-state index contributed by atoms with van der Waals surface area (Å²) in [6.45, 7) is 11.0. The van der Waals surface area contributed by atoms with Gasteiger partial charge in [0.1, 0.15) is 18.7 Å². The van der Waals surface area contributed by atoms with Crippen LogP contribution < -0.4 is 10.2 Å². The van der Waals surface area contributed by atoms with Gasteiger partial charge in [-0.3, -0.25) is 4.79 Å². The molecule has 2 heterocycles. The van der Waals surface area contributed by atoms with Gasteiger partial charge in [0, 0.05) is 19.6 Å². The number of nitrogens with zero attached hydrogens (tertiary/aromatic N) is 5. The van der Waals surface area contributed by atoms with Crippen LogP contribution in [0, 0.1) is 5.92 Å². The molecule has 2 rings (SSSR count). The molecule has 0 aliphatic heterocycles. The average Bonchev–Trinajstić information content (AvgIpc) is 2.92. The average molecular weight is 318 g/mol. The number of rotatable bonds is 8. The smallest absolute Gasteiger partial charge is 0.241 e. The van der Waals surface area contributed by atoms with Gasteiger partial charge in [-0.25, -0.2) is 14.6 Å². The summed E-state index contributed by atoms with van der Waals surface area (Å²) in [5, 5.41) is 8.12. The minimum absolute atomic E-state index is 0.0429. The number of aromatic nitrogens is 4. The molecule has 7 nitrogen and oxygen atoms in total. The van der Waals surface area contributed by atoms with Gasteiger partial charge in [-0.15, -0.1) is 0 Å². The molecular weight excluding hydrogens is 292 g/mol. The van der Waals surface area contributed by atoms with Gasteiger partial charge in [0.15, 0.2) is 5.65 Å². The molecule has 0 aliphatic rings. The van der Waals surface area contributed by atoms with Crippen LogP contribution in [0.2, 0.25) is 0 Å². The summed E-state index contributed by atoms with van der Waals surface area (Å²) in [6.07, 6.45) is 4.25. The van der Waals surface area contributed by atoms with Crippen molar-refractivity contribution < 1.29 is 4.79 Å². The van der Waals surface area contributed by atoms with Crippen LogP contribution in [0.5, 0.6) is 0 Å². The SMILES string of the molecule is CCN(CC)c1ncnc2c1cnn2CC(=O)NCCC(C)C. The quantitative estimate of drug-likeness (QED) is 0.803. The van der Waals surface area contributed by atoms with Gasteiger partial charge in [-0.1, -0.05) is 13.8 Å². The first-order valence-corrected chi connectivity index (χ1v) is 8.24. The van der Waals surface area contributed by atoms with E-state index in [0.717, 1.165) is 30.7 Å². The third kappa shape index (κ3) is 4.18. The van der Waals surface area contributed by atoms with Gasteiger partial charge >= 0.3 is 0 Å². The Bertz CT molecular complexity index is 647. The molecule has 0 fully saturated rings. The maximum absolute atomic E-state index is 12.0. The number of amides is 1. The van der Waals surface area contributed by atoms with Crippen molar-refractivity contribution in [3.05, 3.63) is 12.5 Å². The standard InChI is InChI=1S/C16H26N6O/c1-5-21(6-2)15-13-9-20-22(16(13)19-11-18-15)10-14(23)17-8-7-12(3)4/h9,11-12H,5-8,10H2,1-4H3,(H,17,23). The summed E-state index contributed by atoms with van der Waals surface area (Å²) in [5.74, 6) is 1.40. The Morgan fingerprint density at radius 1 is 1.30 bits per heavy atom. The van der Waals surface area contributed by atoms with Crippen molar-refractivity contribution in [3.8, 4) is 0 Å². The lowest BCUT2D eigenvalue weighted by Gasteiger charge is -2.19. The van der Waals surface area contributed by atoms with Crippen molar-refractivity contribution >= 4 is 22.8 Å². The molecule has 0 unspecified atom stereocenters. The lowest BCUT2D eigenvalue weighted by Crippen LogP contribution is -2.29. The van der Waals surface area contributed by atoms with E-state index in [4.69, 9.17) is 0 Å². The summed E-state index contributed by atoms with van der Waals surface area (Å²) in [5.41, 5.74) is 0.695. The Balaban J connectivity index is 2.14. The molecule has 7 heteroatoms. The van der Waals surface area contributed by atoms with Crippen molar-refractivity contribution in [3.63, 3.8) is 0 Å². The van der Waals surface area contributed by atoms with Gasteiger partial charge in [0.05, 0.1) is 11.6 Å². The summed E-state index contributed by atoms with van der Waals surface area (Å²) < 4.78 is 1.63. The van der Waals surface area contributed by atoms with Crippen LogP contribution in [0.25, 0.3) is 11.0 Å². The molecule has 126 valence electrons. The van der Waals surface area contributed by atoms with Crippen LogP contribution in [-0.2, 0) is 11.3 Å². The molecule has 0 aliphatic carbocycles. The second-order valence-electron chi connectivity index (χ2n) is 5.94. The molecule has 0 radical (unpaired) electrons. The zero-order chi connectivity index (χ0) is 16.8. The molecule has 2 aromatic rings. The number of nitrogens with one attached hydrogen (secondary N) is 1. The van der Waals surface area contributed by atoms with E-state index in [1.165, 1.54) is 6.33 Å². The lowest BCUT2D eigenvalue weighted by atomic mass is 10.1. The minimum atomic E-state index is -0.0429. The van der Waals surface area contributed by atoms with Crippen molar-refractivity contribution in [1.29, 1.82) is 0 Å². The largest absolute Gasteiger partial charge is 0.356 e. The summed E-state index contributed by atoms with van der Waals surface area (Å²) in [6, 6.07) is 0. The van der Waals surface area contributed by atoms with Crippen LogP contribution in [0.1, 0.15) is 34.1 Å². The highest BCUT2D eigenvalue weighted by Crippen LogP contribution is 2.22. The zero-order valence-electron chi connectivity index (χ0n) is 14.4. The number of carbonyl (C=O) groups excluding carboxylic acids is 1. The fourth-order valence-corrected chi connectivity index (χ4v) is 2.46. The first kappa shape index (κ1) is 17.2. The molecule has 23 heavy (non-hydrogen) atoms. The van der Waals surface area contributed by atoms with E-state index in [-0.39, 0.29) is 12.5 Å². The fraction of sp³-hybridized carbons (Fsp3) is 0.625. The van der Waals surface area contributed by atoms with Crippen LogP contribution in [0.4, 0.5) is 5.82 Å². The first-order chi connectivity index (χ1) is 11.1. The van der Waals surface area contributed by atoms with Gasteiger partial charge in [-0.2, -0.15) is 5.10 Å². The number of hydrogen-bond donors (Lipinski definition) is 1. The van der Waals surface area contributed by atoms with E-state index in [0.29, 0.717) is 18.1 Å². The topological polar surface area (TPSA) is 75.9 Å². The van der Waals surface area contributed by atoms with E-state index in [1.807, 2.05) is 0 Å². The van der Waals surface area contributed by atoms with Crippen LogP contribution in [-0.4, -0.2) is 45.3 Å². The number of anilines is 1. The Kier molecular flexibility index (Phi) is 5.90. The maximum Gasteiger partial charge on any atom is 0.241 e. The predicted octanol–water partition coefficient (Wildman–Crippen LogP) is 1.83. The van der Waals surface area contributed by atoms with Crippen molar-refractivity contribution in [2.75, 3.05) is 24.5 Å². The molecule has 1 N–H and O–H groups in total. The molecule has 0 bridgehead atoms. The van der Waals surface area contributed by atoms with E-state index in [1.54, 1.807) is 10.9 Å². The van der Waals surface area contributed by atoms with Gasteiger partial charge < -0.3 is 10.2 Å². The second kappa shape index (κ2) is 7.89. The Morgan fingerprint density at radius 2 is 2.04 bits per heavy atom. The van der Waals surface area contributed by atoms with Crippen LogP contribution in [0.15, 0.2) is 12.5 Å². The van der Waals surface area contributed by atoms with Gasteiger partial charge in [0.25, 0.3) is 0 Å². The van der Waals surface area contributed by atoms with Crippen LogP contribution >= 0.6 is 0 Å². The Labute approximate surface area is 137 Å². The van der Waals surface area contributed by atoms with Crippen molar-refractivity contribution in [2.24, 2.45) is 5.92 Å². The monoisotopic (exact) mass is 318 g/mol. The van der Waals surface area contributed by atoms with E-state index >= 15 is 0 Å². The van der Waals surface area contributed by atoms with Gasteiger partial charge in [0.2, 0.25) is 5.91 Å². The molecule has 0 spiro atoms. The highest BCUT2D eigenvalue weighted by atomic mass is 16.2. The lowest BCUT2D eigenvalue weighted by molar-refractivity contribution is -0.121. The highest BCUT2D eigenvalue weighted by molar-refractivity contribution is 5.87. The van der Waals surface area contributed by atoms with E-state index < -0.39 is 0 Å². The molecule has 0 atom stereocenters. The highest BCUT2D eigenvalue weighted by Gasteiger charge is 2.15. The van der Waals surface area contributed by atoms with Gasteiger partial charge in [-0.05, 0) is 26.2 Å². The number of hydrogen-bond acceptors (Lipinski definition) is 5. The number of fused-ring (bicyclic) bond motifs is 1. The summed E-state index contributed by atoms with van der Waals surface area (Å²) >= 11 is 0. The van der Waals surface area contributed by atoms with Crippen molar-refractivity contribution in [2.45, 2.75) is 40.7 Å². The second-order valence-corrected chi connectivity index (χ2v) is 5.94. The Morgan fingerprint density at radius 3 is 2.70 bits per heavy atom. The fourth-order valence-electron chi connectivity index (χ4n) is 2.46. The van der Waals surface area contributed by atoms with E-state index in [2.05, 4.69) is 53.0 Å². The molecule has 2 aromatic heterocycles. The predicted molar refractivity (Wildman–Crippen MR) is 91.3 cm³/mol. The summed E-state index contributed by atoms with van der Waals surface area (Å²) in [7, 11) is 0. The molecular formula is C16H26N6O. The minimum Gasteiger partial charge on any atom is -0.356 e. The van der Waals surface area contributed by atoms with Crippen molar-refractivity contribution in [1.82, 2.24) is 25.1 Å². The molecule has 0 saturated carbocycles.